The molecular weight excluding hydrogens is 327 g/mol. The summed E-state index contributed by atoms with van der Waals surface area (Å²) in [4.78, 5) is 15.1. The van der Waals surface area contributed by atoms with Gasteiger partial charge in [-0.3, -0.25) is 9.69 Å². The third kappa shape index (κ3) is 3.07. The smallest absolute Gasteiger partial charge is 0.261 e. The number of furan rings is 1. The highest BCUT2D eigenvalue weighted by Crippen LogP contribution is 2.32. The molecule has 6 heteroatoms. The average Bonchev–Trinajstić information content (AvgIpc) is 3.16. The van der Waals surface area contributed by atoms with Gasteiger partial charge in [-0.2, -0.15) is 0 Å². The van der Waals surface area contributed by atoms with Gasteiger partial charge in [0.25, 0.3) is 5.91 Å². The molecule has 2 aromatic heterocycles. The molecule has 4 nitrogen and oxygen atoms in total. The Kier molecular flexibility index (Phi) is 4.69. The van der Waals surface area contributed by atoms with Crippen molar-refractivity contribution >= 4 is 27.3 Å². The van der Waals surface area contributed by atoms with Crippen LogP contribution in [0.4, 0.5) is 4.39 Å². The third-order valence-corrected chi connectivity index (χ3v) is 5.32. The van der Waals surface area contributed by atoms with E-state index in [0.29, 0.717) is 22.4 Å². The minimum atomic E-state index is -0.290. The Hall–Kier alpha value is -2.18. The maximum atomic E-state index is 14.0. The fourth-order valence-electron chi connectivity index (χ4n) is 2.76. The van der Waals surface area contributed by atoms with Gasteiger partial charge in [0.05, 0.1) is 17.2 Å². The van der Waals surface area contributed by atoms with Crippen molar-refractivity contribution in [3.8, 4) is 0 Å². The van der Waals surface area contributed by atoms with E-state index in [1.54, 1.807) is 19.3 Å². The van der Waals surface area contributed by atoms with E-state index >= 15 is 0 Å². The number of hydrogen-bond acceptors (Lipinski definition) is 4. The Morgan fingerprint density at radius 1 is 1.33 bits per heavy atom. The maximum Gasteiger partial charge on any atom is 0.261 e. The largest absolute Gasteiger partial charge is 0.468 e. The van der Waals surface area contributed by atoms with Gasteiger partial charge in [0.1, 0.15) is 11.6 Å². The van der Waals surface area contributed by atoms with Crippen LogP contribution in [0.2, 0.25) is 0 Å². The Labute approximate surface area is 143 Å². The van der Waals surface area contributed by atoms with Crippen LogP contribution in [0.15, 0.2) is 41.0 Å². The number of rotatable bonds is 5. The van der Waals surface area contributed by atoms with Crippen molar-refractivity contribution in [1.29, 1.82) is 0 Å². The van der Waals surface area contributed by atoms with E-state index in [-0.39, 0.29) is 17.8 Å². The predicted molar refractivity (Wildman–Crippen MR) is 94.0 cm³/mol. The van der Waals surface area contributed by atoms with Crippen LogP contribution in [0.1, 0.15) is 27.0 Å². The highest BCUT2D eigenvalue weighted by atomic mass is 32.1. The predicted octanol–water partition coefficient (Wildman–Crippen LogP) is 3.97. The highest BCUT2D eigenvalue weighted by Gasteiger charge is 2.21. The first kappa shape index (κ1) is 16.7. The minimum Gasteiger partial charge on any atom is -0.468 e. The zero-order valence-electron chi connectivity index (χ0n) is 13.8. The van der Waals surface area contributed by atoms with Crippen molar-refractivity contribution in [2.75, 3.05) is 20.6 Å². The number of carbonyl (C=O) groups excluding carboxylic acids is 1. The second-order valence-electron chi connectivity index (χ2n) is 5.87. The topological polar surface area (TPSA) is 45.5 Å². The number of hydrogen-bond donors (Lipinski definition) is 1. The number of carbonyl (C=O) groups is 1. The van der Waals surface area contributed by atoms with Crippen LogP contribution < -0.4 is 5.32 Å². The van der Waals surface area contributed by atoms with Crippen LogP contribution >= 0.6 is 11.3 Å². The molecule has 1 atom stereocenters. The van der Waals surface area contributed by atoms with E-state index < -0.39 is 0 Å². The summed E-state index contributed by atoms with van der Waals surface area (Å²) in [5, 5.41) is 3.47. The molecule has 0 radical (unpaired) electrons. The van der Waals surface area contributed by atoms with Crippen LogP contribution in [0.3, 0.4) is 0 Å². The Morgan fingerprint density at radius 3 is 2.75 bits per heavy atom. The molecule has 3 aromatic rings. The van der Waals surface area contributed by atoms with Gasteiger partial charge in [0.15, 0.2) is 0 Å². The van der Waals surface area contributed by atoms with Gasteiger partial charge in [-0.1, -0.05) is 6.07 Å². The van der Waals surface area contributed by atoms with E-state index in [1.165, 1.54) is 17.4 Å². The first-order chi connectivity index (χ1) is 11.5. The van der Waals surface area contributed by atoms with Crippen LogP contribution in [0, 0.1) is 12.7 Å². The monoisotopic (exact) mass is 346 g/mol. The molecule has 24 heavy (non-hydrogen) atoms. The Bertz CT molecular complexity index is 855. The van der Waals surface area contributed by atoms with Crippen molar-refractivity contribution < 1.29 is 13.6 Å². The van der Waals surface area contributed by atoms with E-state index in [2.05, 4.69) is 5.32 Å². The highest BCUT2D eigenvalue weighted by molar-refractivity contribution is 7.21. The van der Waals surface area contributed by atoms with Crippen LogP contribution in [0.5, 0.6) is 0 Å². The Morgan fingerprint density at radius 2 is 2.12 bits per heavy atom. The normalized spacial score (nSPS) is 12.7. The lowest BCUT2D eigenvalue weighted by Crippen LogP contribution is -2.34. The fraction of sp³-hybridized carbons (Fsp3) is 0.278. The number of halogens is 1. The number of nitrogens with one attached hydrogen (secondary N) is 1. The molecule has 0 aliphatic heterocycles. The first-order valence-corrected chi connectivity index (χ1v) is 8.46. The number of fused-ring (bicyclic) bond motifs is 1. The molecular formula is C18H19FN2O2S. The van der Waals surface area contributed by atoms with Crippen LogP contribution in [0.25, 0.3) is 10.1 Å². The van der Waals surface area contributed by atoms with Crippen molar-refractivity contribution in [2.45, 2.75) is 13.0 Å². The SMILES string of the molecule is Cc1c(C(=O)NCC(c2ccco2)N(C)C)sc2cccc(F)c12. The zero-order valence-corrected chi connectivity index (χ0v) is 14.6. The molecule has 1 unspecified atom stereocenters. The lowest BCUT2D eigenvalue weighted by Gasteiger charge is -2.22. The molecule has 3 rings (SSSR count). The first-order valence-electron chi connectivity index (χ1n) is 7.64. The number of aryl methyl sites for hydroxylation is 1. The van der Waals surface area contributed by atoms with Gasteiger partial charge in [-0.25, -0.2) is 4.39 Å². The minimum absolute atomic E-state index is 0.0598. The summed E-state index contributed by atoms with van der Waals surface area (Å²) in [6, 6.07) is 8.56. The summed E-state index contributed by atoms with van der Waals surface area (Å²) in [6.45, 7) is 2.20. The quantitative estimate of drug-likeness (QED) is 0.760. The van der Waals surface area contributed by atoms with Crippen LogP contribution in [-0.4, -0.2) is 31.4 Å². The van der Waals surface area contributed by atoms with E-state index in [4.69, 9.17) is 4.42 Å². The molecule has 0 saturated carbocycles. The second-order valence-corrected chi connectivity index (χ2v) is 6.93. The van der Waals surface area contributed by atoms with E-state index in [1.807, 2.05) is 37.2 Å². The lowest BCUT2D eigenvalue weighted by molar-refractivity contribution is 0.0942. The molecule has 2 heterocycles. The third-order valence-electron chi connectivity index (χ3n) is 4.06. The number of thiophene rings is 1. The fourth-order valence-corrected chi connectivity index (χ4v) is 3.90. The standard InChI is InChI=1S/C18H19FN2O2S/c1-11-16-12(19)6-4-8-15(16)24-17(11)18(22)20-10-13(21(2)3)14-7-5-9-23-14/h4-9,13H,10H2,1-3H3,(H,20,22). The molecule has 0 fully saturated rings. The van der Waals surface area contributed by atoms with Gasteiger partial charge in [-0.15, -0.1) is 11.3 Å². The molecule has 0 spiro atoms. The molecule has 0 bridgehead atoms. The van der Waals surface area contributed by atoms with Crippen molar-refractivity contribution in [3.63, 3.8) is 0 Å². The summed E-state index contributed by atoms with van der Waals surface area (Å²) >= 11 is 1.31. The molecule has 126 valence electrons. The number of benzene rings is 1. The number of amides is 1. The van der Waals surface area contributed by atoms with Crippen molar-refractivity contribution in [3.05, 3.63) is 58.6 Å². The van der Waals surface area contributed by atoms with Gasteiger partial charge >= 0.3 is 0 Å². The van der Waals surface area contributed by atoms with Gasteiger partial charge in [0.2, 0.25) is 0 Å². The summed E-state index contributed by atoms with van der Waals surface area (Å²) in [6.07, 6.45) is 1.62. The summed E-state index contributed by atoms with van der Waals surface area (Å²) in [5.74, 6) is 0.313. The average molecular weight is 346 g/mol. The van der Waals surface area contributed by atoms with E-state index in [0.717, 1.165) is 10.5 Å². The number of likely N-dealkylation sites (N-methyl/N-ethyl adjacent to an activating group) is 1. The molecule has 1 amide bonds. The summed E-state index contributed by atoms with van der Waals surface area (Å²) in [5.41, 5.74) is 0.685. The lowest BCUT2D eigenvalue weighted by atomic mass is 10.1. The van der Waals surface area contributed by atoms with Gasteiger partial charge in [0, 0.05) is 16.6 Å². The molecule has 1 N–H and O–H groups in total. The van der Waals surface area contributed by atoms with Gasteiger partial charge < -0.3 is 9.73 Å². The summed E-state index contributed by atoms with van der Waals surface area (Å²) < 4.78 is 20.2. The number of nitrogens with zero attached hydrogens (tertiary/aromatic N) is 1. The Balaban J connectivity index is 1.80. The van der Waals surface area contributed by atoms with Crippen molar-refractivity contribution in [2.24, 2.45) is 0 Å². The van der Waals surface area contributed by atoms with E-state index in [9.17, 15) is 9.18 Å². The van der Waals surface area contributed by atoms with Crippen LogP contribution in [-0.2, 0) is 0 Å². The zero-order chi connectivity index (χ0) is 17.3. The second kappa shape index (κ2) is 6.75. The van der Waals surface area contributed by atoms with Gasteiger partial charge in [-0.05, 0) is 50.8 Å². The molecule has 0 aliphatic rings. The summed E-state index contributed by atoms with van der Waals surface area (Å²) in [7, 11) is 3.86. The molecule has 0 aliphatic carbocycles. The molecule has 0 saturated heterocycles. The molecule has 1 aromatic carbocycles. The maximum absolute atomic E-state index is 14.0. The van der Waals surface area contributed by atoms with Crippen molar-refractivity contribution in [1.82, 2.24) is 10.2 Å².